The molecule has 0 aliphatic heterocycles. The second-order valence-electron chi connectivity index (χ2n) is 3.39. The zero-order valence-electron chi connectivity index (χ0n) is 9.96. The summed E-state index contributed by atoms with van der Waals surface area (Å²) in [5.74, 6) is -0.939. The molecule has 94 valence electrons. The molecule has 0 atom stereocenters. The van der Waals surface area contributed by atoms with Gasteiger partial charge in [0.2, 0.25) is 0 Å². The molecule has 17 heavy (non-hydrogen) atoms. The van der Waals surface area contributed by atoms with E-state index in [-0.39, 0.29) is 19.0 Å². The lowest BCUT2D eigenvalue weighted by molar-refractivity contribution is -0.145. The molecular weight excluding hydrogens is 225 g/mol. The Morgan fingerprint density at radius 3 is 2.82 bits per heavy atom. The van der Waals surface area contributed by atoms with Gasteiger partial charge < -0.3 is 14.8 Å². The minimum absolute atomic E-state index is 0.0536. The van der Waals surface area contributed by atoms with E-state index < -0.39 is 11.8 Å². The Morgan fingerprint density at radius 2 is 2.24 bits per heavy atom. The minimum Gasteiger partial charge on any atom is -0.479 e. The molecule has 1 aromatic rings. The van der Waals surface area contributed by atoms with Gasteiger partial charge in [-0.3, -0.25) is 0 Å². The lowest BCUT2D eigenvalue weighted by atomic mass is 10.2. The first-order valence-electron chi connectivity index (χ1n) is 5.38. The summed E-state index contributed by atoms with van der Waals surface area (Å²) in [4.78, 5) is 11.0. The van der Waals surface area contributed by atoms with E-state index in [9.17, 15) is 9.18 Å². The van der Waals surface area contributed by atoms with E-state index in [1.807, 2.05) is 0 Å². The molecule has 0 heterocycles. The molecule has 4 nitrogen and oxygen atoms in total. The zero-order chi connectivity index (χ0) is 12.7. The lowest BCUT2D eigenvalue weighted by Crippen LogP contribution is -2.15. The quantitative estimate of drug-likeness (QED) is 0.766. The van der Waals surface area contributed by atoms with Crippen LogP contribution in [-0.2, 0) is 16.1 Å². The minimum atomic E-state index is -0.508. The standard InChI is InChI=1S/C12H16FNO3/c1-3-16-12(15)8-17-11-5-4-9(7-14-2)6-10(11)13/h4-6,14H,3,7-8H2,1-2H3. The second-order valence-corrected chi connectivity index (χ2v) is 3.39. The average molecular weight is 241 g/mol. The Kier molecular flexibility index (Phi) is 5.42. The number of nitrogens with one attached hydrogen (secondary N) is 1. The predicted octanol–water partition coefficient (Wildman–Crippen LogP) is 1.49. The van der Waals surface area contributed by atoms with E-state index in [0.29, 0.717) is 6.54 Å². The first kappa shape index (κ1) is 13.4. The van der Waals surface area contributed by atoms with E-state index in [0.717, 1.165) is 5.56 Å². The van der Waals surface area contributed by atoms with Crippen molar-refractivity contribution in [3.63, 3.8) is 0 Å². The summed E-state index contributed by atoms with van der Waals surface area (Å²) >= 11 is 0. The Morgan fingerprint density at radius 1 is 1.47 bits per heavy atom. The summed E-state index contributed by atoms with van der Waals surface area (Å²) in [5.41, 5.74) is 0.813. The van der Waals surface area contributed by atoms with E-state index in [4.69, 9.17) is 4.74 Å². The maximum absolute atomic E-state index is 13.5. The van der Waals surface area contributed by atoms with Gasteiger partial charge in [0.1, 0.15) is 0 Å². The van der Waals surface area contributed by atoms with E-state index in [1.165, 1.54) is 12.1 Å². The normalized spacial score (nSPS) is 10.1. The molecule has 0 saturated carbocycles. The molecule has 1 N–H and O–H groups in total. The fourth-order valence-corrected chi connectivity index (χ4v) is 1.31. The van der Waals surface area contributed by atoms with Crippen LogP contribution in [0.25, 0.3) is 0 Å². The molecule has 0 unspecified atom stereocenters. The molecule has 0 aliphatic carbocycles. The lowest BCUT2D eigenvalue weighted by Gasteiger charge is -2.08. The van der Waals surface area contributed by atoms with Crippen LogP contribution >= 0.6 is 0 Å². The molecule has 1 aromatic carbocycles. The van der Waals surface area contributed by atoms with Crippen molar-refractivity contribution in [1.82, 2.24) is 5.32 Å². The van der Waals surface area contributed by atoms with Crippen LogP contribution < -0.4 is 10.1 Å². The van der Waals surface area contributed by atoms with Crippen molar-refractivity contribution in [2.75, 3.05) is 20.3 Å². The molecule has 0 fully saturated rings. The Bertz CT molecular complexity index is 382. The molecule has 0 aromatic heterocycles. The summed E-state index contributed by atoms with van der Waals surface area (Å²) in [5, 5.41) is 2.92. The van der Waals surface area contributed by atoms with Crippen LogP contribution in [0, 0.1) is 5.82 Å². The van der Waals surface area contributed by atoms with Crippen LogP contribution in [0.2, 0.25) is 0 Å². The molecule has 0 spiro atoms. The zero-order valence-corrected chi connectivity index (χ0v) is 9.96. The second kappa shape index (κ2) is 6.85. The summed E-state index contributed by atoms with van der Waals surface area (Å²) in [6, 6.07) is 4.61. The van der Waals surface area contributed by atoms with Crippen molar-refractivity contribution in [1.29, 1.82) is 0 Å². The Balaban J connectivity index is 2.57. The first-order chi connectivity index (χ1) is 8.17. The van der Waals surface area contributed by atoms with Gasteiger partial charge in [-0.1, -0.05) is 6.07 Å². The van der Waals surface area contributed by atoms with Gasteiger partial charge in [-0.25, -0.2) is 9.18 Å². The van der Waals surface area contributed by atoms with E-state index >= 15 is 0 Å². The first-order valence-corrected chi connectivity index (χ1v) is 5.38. The third kappa shape index (κ3) is 4.40. The Hall–Kier alpha value is -1.62. The van der Waals surface area contributed by atoms with Gasteiger partial charge in [-0.05, 0) is 31.7 Å². The molecule has 0 radical (unpaired) electrons. The monoisotopic (exact) mass is 241 g/mol. The number of hydrogen-bond donors (Lipinski definition) is 1. The van der Waals surface area contributed by atoms with Crippen molar-refractivity contribution < 1.29 is 18.7 Å². The number of halogens is 1. The maximum Gasteiger partial charge on any atom is 0.344 e. The van der Waals surface area contributed by atoms with Crippen molar-refractivity contribution >= 4 is 5.97 Å². The van der Waals surface area contributed by atoms with Gasteiger partial charge in [0, 0.05) is 6.54 Å². The van der Waals surface area contributed by atoms with Crippen molar-refractivity contribution in [2.45, 2.75) is 13.5 Å². The molecule has 0 saturated heterocycles. The fraction of sp³-hybridized carbons (Fsp3) is 0.417. The third-order valence-electron chi connectivity index (χ3n) is 2.03. The maximum atomic E-state index is 13.5. The van der Waals surface area contributed by atoms with Crippen LogP contribution in [0.4, 0.5) is 4.39 Å². The highest BCUT2D eigenvalue weighted by Crippen LogP contribution is 2.18. The summed E-state index contributed by atoms with van der Waals surface area (Å²) in [7, 11) is 1.78. The fourth-order valence-electron chi connectivity index (χ4n) is 1.31. The van der Waals surface area contributed by atoms with Crippen LogP contribution in [-0.4, -0.2) is 26.2 Å². The van der Waals surface area contributed by atoms with E-state index in [2.05, 4.69) is 10.1 Å². The highest BCUT2D eigenvalue weighted by atomic mass is 19.1. The molecule has 5 heteroatoms. The molecule has 0 amide bonds. The molecule has 1 rings (SSSR count). The smallest absolute Gasteiger partial charge is 0.344 e. The number of esters is 1. The summed E-state index contributed by atoms with van der Waals surface area (Å²) < 4.78 is 23.2. The number of ether oxygens (including phenoxy) is 2. The number of rotatable bonds is 6. The van der Waals surface area contributed by atoms with Gasteiger partial charge >= 0.3 is 5.97 Å². The summed E-state index contributed by atoms with van der Waals surface area (Å²) in [6.07, 6.45) is 0. The van der Waals surface area contributed by atoms with Crippen molar-refractivity contribution in [3.05, 3.63) is 29.6 Å². The SMILES string of the molecule is CCOC(=O)COc1ccc(CNC)cc1F. The van der Waals surface area contributed by atoms with Crippen LogP contribution in [0.1, 0.15) is 12.5 Å². The van der Waals surface area contributed by atoms with Crippen LogP contribution in [0.3, 0.4) is 0 Å². The highest BCUT2D eigenvalue weighted by Gasteiger charge is 2.08. The van der Waals surface area contributed by atoms with Crippen LogP contribution in [0.5, 0.6) is 5.75 Å². The average Bonchev–Trinajstić information content (AvgIpc) is 2.29. The third-order valence-corrected chi connectivity index (χ3v) is 2.03. The summed E-state index contributed by atoms with van der Waals surface area (Å²) in [6.45, 7) is 2.28. The highest BCUT2D eigenvalue weighted by molar-refractivity contribution is 5.71. The molecule has 0 bridgehead atoms. The van der Waals surface area contributed by atoms with Gasteiger partial charge in [-0.2, -0.15) is 0 Å². The van der Waals surface area contributed by atoms with Gasteiger partial charge in [0.15, 0.2) is 18.2 Å². The van der Waals surface area contributed by atoms with Gasteiger partial charge in [0.25, 0.3) is 0 Å². The van der Waals surface area contributed by atoms with E-state index in [1.54, 1.807) is 20.0 Å². The van der Waals surface area contributed by atoms with Gasteiger partial charge in [0.05, 0.1) is 6.61 Å². The topological polar surface area (TPSA) is 47.6 Å². The van der Waals surface area contributed by atoms with Crippen molar-refractivity contribution in [2.24, 2.45) is 0 Å². The van der Waals surface area contributed by atoms with Gasteiger partial charge in [-0.15, -0.1) is 0 Å². The number of benzene rings is 1. The number of carbonyl (C=O) groups excluding carboxylic acids is 1. The molecule has 0 aliphatic rings. The Labute approximate surface area is 99.7 Å². The number of carbonyl (C=O) groups is 1. The van der Waals surface area contributed by atoms with Crippen LogP contribution in [0.15, 0.2) is 18.2 Å². The van der Waals surface area contributed by atoms with Crippen molar-refractivity contribution in [3.8, 4) is 5.75 Å². The number of hydrogen-bond acceptors (Lipinski definition) is 4. The molecular formula is C12H16FNO3. The largest absolute Gasteiger partial charge is 0.479 e. The predicted molar refractivity (Wildman–Crippen MR) is 61.3 cm³/mol.